The van der Waals surface area contributed by atoms with Crippen molar-refractivity contribution < 1.29 is 34.1 Å². The largest absolute Gasteiger partial charge is 0.480 e. The van der Waals surface area contributed by atoms with Gasteiger partial charge in [-0.25, -0.2) is 9.78 Å². The Bertz CT molecular complexity index is 1140. The number of benzene rings is 1. The van der Waals surface area contributed by atoms with Crippen molar-refractivity contribution >= 4 is 23.8 Å². The minimum absolute atomic E-state index is 0.00629. The van der Waals surface area contributed by atoms with Crippen LogP contribution in [0.2, 0.25) is 0 Å². The Labute approximate surface area is 239 Å². The van der Waals surface area contributed by atoms with Gasteiger partial charge in [-0.2, -0.15) is 0 Å². The number of carboxylic acids is 2. The fourth-order valence-electron chi connectivity index (χ4n) is 5.61. The molecule has 12 nitrogen and oxygen atoms in total. The van der Waals surface area contributed by atoms with Crippen LogP contribution in [0.1, 0.15) is 57.2 Å². The standard InChI is InChI=1S/C23H32N2O5.C6H9N3O2/c1-3-30-23(29)18(13-12-16-8-5-4-6-9-16)24-15(2)21(26)25-19-11-7-10-17(19)14-20(25)22(27)28;7-5(6(10)11)1-4-2-8-3-9-4/h4-6,8-9,15,17-20,24H,3,7,10-14H2,1-2H3,(H,27,28);2-3,5H,1,7H2,(H,8,9)(H,10,11)/t15-,17-,18-,19-,20-;5-/m00/s1. The zero-order valence-corrected chi connectivity index (χ0v) is 23.6. The number of carbonyl (C=O) groups excluding carboxylic acids is 2. The highest BCUT2D eigenvalue weighted by Crippen LogP contribution is 2.41. The number of esters is 1. The summed E-state index contributed by atoms with van der Waals surface area (Å²) in [6, 6.07) is 6.91. The first-order valence-electron chi connectivity index (χ1n) is 14.1. The molecule has 0 spiro atoms. The number of hydrogen-bond acceptors (Lipinski definition) is 8. The number of aliphatic carboxylic acids is 2. The Hall–Kier alpha value is -3.77. The zero-order valence-electron chi connectivity index (χ0n) is 23.6. The third-order valence-electron chi connectivity index (χ3n) is 7.65. The van der Waals surface area contributed by atoms with Gasteiger partial charge in [0.25, 0.3) is 0 Å². The van der Waals surface area contributed by atoms with Gasteiger partial charge in [-0.05, 0) is 57.4 Å². The summed E-state index contributed by atoms with van der Waals surface area (Å²) in [6.07, 6.45) is 7.87. The number of carboxylic acid groups (broad SMARTS) is 2. The van der Waals surface area contributed by atoms with Crippen molar-refractivity contribution in [2.24, 2.45) is 11.7 Å². The molecule has 1 aromatic carbocycles. The van der Waals surface area contributed by atoms with Crippen LogP contribution < -0.4 is 11.1 Å². The minimum Gasteiger partial charge on any atom is -0.480 e. The number of carbonyl (C=O) groups is 4. The topological polar surface area (TPSA) is 188 Å². The average molecular weight is 572 g/mol. The van der Waals surface area contributed by atoms with Gasteiger partial charge in [0.05, 0.1) is 19.0 Å². The van der Waals surface area contributed by atoms with Gasteiger partial charge in [0, 0.05) is 24.4 Å². The summed E-state index contributed by atoms with van der Waals surface area (Å²) in [6.45, 7) is 3.72. The number of ether oxygens (including phenoxy) is 1. The van der Waals surface area contributed by atoms with E-state index in [0.29, 0.717) is 19.3 Å². The Balaban J connectivity index is 0.000000352. The maximum Gasteiger partial charge on any atom is 0.326 e. The van der Waals surface area contributed by atoms with E-state index < -0.39 is 36.1 Å². The normalized spacial score (nSPS) is 21.6. The van der Waals surface area contributed by atoms with E-state index in [1.165, 1.54) is 6.33 Å². The SMILES string of the molecule is CCOC(=O)[C@H](CCc1ccccc1)N[C@@H](C)C(=O)N1[C@H](C(=O)O)C[C@@H]2CCC[C@@H]21.N[C@@H](Cc1cnc[nH]1)C(=O)O. The lowest BCUT2D eigenvalue weighted by Gasteiger charge is -2.31. The van der Waals surface area contributed by atoms with Crippen LogP contribution in [0, 0.1) is 5.92 Å². The predicted molar refractivity (Wildman–Crippen MR) is 150 cm³/mol. The molecule has 6 atom stereocenters. The van der Waals surface area contributed by atoms with Gasteiger partial charge < -0.3 is 30.6 Å². The molecule has 6 N–H and O–H groups in total. The van der Waals surface area contributed by atoms with Crippen molar-refractivity contribution in [2.75, 3.05) is 6.61 Å². The molecule has 1 aromatic heterocycles. The van der Waals surface area contributed by atoms with Crippen LogP contribution in [0.25, 0.3) is 0 Å². The van der Waals surface area contributed by atoms with Gasteiger partial charge >= 0.3 is 17.9 Å². The first-order chi connectivity index (χ1) is 19.6. The van der Waals surface area contributed by atoms with Gasteiger partial charge in [0.2, 0.25) is 5.91 Å². The van der Waals surface area contributed by atoms with Gasteiger partial charge in [0.1, 0.15) is 18.1 Å². The lowest BCUT2D eigenvalue weighted by molar-refractivity contribution is -0.151. The molecule has 0 unspecified atom stereocenters. The van der Waals surface area contributed by atoms with E-state index in [-0.39, 0.29) is 36.9 Å². The lowest BCUT2D eigenvalue weighted by atomic mass is 10.0. The molecule has 1 saturated carbocycles. The zero-order chi connectivity index (χ0) is 29.9. The summed E-state index contributed by atoms with van der Waals surface area (Å²) in [5.41, 5.74) is 7.10. The van der Waals surface area contributed by atoms with E-state index >= 15 is 0 Å². The van der Waals surface area contributed by atoms with E-state index in [2.05, 4.69) is 15.3 Å². The van der Waals surface area contributed by atoms with Gasteiger partial charge in [-0.15, -0.1) is 0 Å². The maximum absolute atomic E-state index is 13.2. The monoisotopic (exact) mass is 571 g/mol. The van der Waals surface area contributed by atoms with Crippen molar-refractivity contribution in [3.8, 4) is 0 Å². The summed E-state index contributed by atoms with van der Waals surface area (Å²) in [5, 5.41) is 21.2. The fourth-order valence-corrected chi connectivity index (χ4v) is 5.61. The Kier molecular flexibility index (Phi) is 11.8. The first kappa shape index (κ1) is 31.8. The molecule has 2 aliphatic rings. The maximum atomic E-state index is 13.2. The van der Waals surface area contributed by atoms with E-state index in [9.17, 15) is 24.3 Å². The van der Waals surface area contributed by atoms with Crippen molar-refractivity contribution in [2.45, 2.75) is 89.0 Å². The Morgan fingerprint density at radius 3 is 2.54 bits per heavy atom. The fraction of sp³-hybridized carbons (Fsp3) is 0.552. The number of rotatable bonds is 12. The summed E-state index contributed by atoms with van der Waals surface area (Å²) < 4.78 is 5.21. The second-order valence-corrected chi connectivity index (χ2v) is 10.5. The van der Waals surface area contributed by atoms with Gasteiger partial charge in [-0.1, -0.05) is 36.8 Å². The van der Waals surface area contributed by atoms with Crippen LogP contribution in [0.4, 0.5) is 0 Å². The van der Waals surface area contributed by atoms with Crippen molar-refractivity contribution in [3.05, 3.63) is 54.1 Å². The molecule has 2 aromatic rings. The van der Waals surface area contributed by atoms with Crippen LogP contribution >= 0.6 is 0 Å². The minimum atomic E-state index is -1.00. The average Bonchev–Trinajstić information content (AvgIpc) is 3.70. The third-order valence-corrected chi connectivity index (χ3v) is 7.65. The summed E-state index contributed by atoms with van der Waals surface area (Å²) in [4.78, 5) is 55.8. The van der Waals surface area contributed by atoms with Crippen molar-refractivity contribution in [3.63, 3.8) is 0 Å². The van der Waals surface area contributed by atoms with Crippen molar-refractivity contribution in [1.82, 2.24) is 20.2 Å². The highest BCUT2D eigenvalue weighted by molar-refractivity contribution is 5.88. The summed E-state index contributed by atoms with van der Waals surface area (Å²) >= 11 is 0. The predicted octanol–water partition coefficient (Wildman–Crippen LogP) is 1.75. The molecule has 1 saturated heterocycles. The van der Waals surface area contributed by atoms with Gasteiger partial charge in [-0.3, -0.25) is 19.7 Å². The number of hydrogen-bond donors (Lipinski definition) is 5. The second-order valence-electron chi connectivity index (χ2n) is 10.5. The Morgan fingerprint density at radius 2 is 1.93 bits per heavy atom. The molecule has 1 amide bonds. The molecule has 41 heavy (non-hydrogen) atoms. The number of aromatic amines is 1. The number of nitrogens with one attached hydrogen (secondary N) is 2. The molecular weight excluding hydrogens is 530 g/mol. The third kappa shape index (κ3) is 8.86. The number of H-pyrrole nitrogens is 1. The van der Waals surface area contributed by atoms with Gasteiger partial charge in [0.15, 0.2) is 0 Å². The van der Waals surface area contributed by atoms with Crippen LogP contribution in [0.3, 0.4) is 0 Å². The van der Waals surface area contributed by atoms with E-state index in [0.717, 1.165) is 30.5 Å². The van der Waals surface area contributed by atoms with Crippen LogP contribution in [0.15, 0.2) is 42.9 Å². The van der Waals surface area contributed by atoms with E-state index in [1.54, 1.807) is 24.9 Å². The molecule has 1 aliphatic carbocycles. The Morgan fingerprint density at radius 1 is 1.20 bits per heavy atom. The van der Waals surface area contributed by atoms with E-state index in [1.807, 2.05) is 30.3 Å². The number of imidazole rings is 1. The molecule has 0 radical (unpaired) electrons. The molecule has 2 fully saturated rings. The number of likely N-dealkylation sites (tertiary alicyclic amines) is 1. The highest BCUT2D eigenvalue weighted by Gasteiger charge is 2.49. The van der Waals surface area contributed by atoms with E-state index in [4.69, 9.17) is 15.6 Å². The quantitative estimate of drug-likeness (QED) is 0.235. The molecule has 0 bridgehead atoms. The summed E-state index contributed by atoms with van der Waals surface area (Å²) in [5.74, 6) is -2.31. The first-order valence-corrected chi connectivity index (χ1v) is 14.1. The molecule has 2 heterocycles. The van der Waals surface area contributed by atoms with Crippen LogP contribution in [-0.4, -0.2) is 85.7 Å². The molecule has 1 aliphatic heterocycles. The molecular formula is C29H41N5O7. The van der Waals surface area contributed by atoms with Crippen molar-refractivity contribution in [1.29, 1.82) is 0 Å². The van der Waals surface area contributed by atoms with Crippen LogP contribution in [0.5, 0.6) is 0 Å². The molecule has 4 rings (SSSR count). The van der Waals surface area contributed by atoms with Crippen LogP contribution in [-0.2, 0) is 36.8 Å². The number of aromatic nitrogens is 2. The number of fused-ring (bicyclic) bond motifs is 1. The second kappa shape index (κ2) is 15.3. The summed E-state index contributed by atoms with van der Waals surface area (Å²) in [7, 11) is 0. The number of aryl methyl sites for hydroxylation is 1. The molecule has 12 heteroatoms. The number of amides is 1. The number of nitrogens with zero attached hydrogens (tertiary/aromatic N) is 2. The molecule has 224 valence electrons. The highest BCUT2D eigenvalue weighted by atomic mass is 16.5. The number of nitrogens with two attached hydrogens (primary N) is 1. The lowest BCUT2D eigenvalue weighted by Crippen LogP contribution is -2.55. The smallest absolute Gasteiger partial charge is 0.326 e.